The maximum atomic E-state index is 13.4. The maximum absolute atomic E-state index is 13.4. The van der Waals surface area contributed by atoms with Crippen LogP contribution in [-0.4, -0.2) is 16.3 Å². The Bertz CT molecular complexity index is 551. The Morgan fingerprint density at radius 3 is 2.63 bits per heavy atom. The minimum atomic E-state index is -0.831. The Kier molecular flexibility index (Phi) is 4.27. The van der Waals surface area contributed by atoms with Gasteiger partial charge in [-0.15, -0.1) is 0 Å². The zero-order valence-electron chi connectivity index (χ0n) is 11.0. The first kappa shape index (κ1) is 13.7. The second kappa shape index (κ2) is 5.93. The van der Waals surface area contributed by atoms with E-state index in [2.05, 4.69) is 17.3 Å². The standard InChI is InChI=1S/C14H17F2N3/c1-3-7-17-14(13-6-8-18-19(13)2)10-4-5-11(15)12(16)9-10/h4-6,8-9,14,17H,3,7H2,1-2H3. The first-order valence-electron chi connectivity index (χ1n) is 6.29. The van der Waals surface area contributed by atoms with Gasteiger partial charge in [0.05, 0.1) is 11.7 Å². The number of halogens is 2. The van der Waals surface area contributed by atoms with Crippen molar-refractivity contribution >= 4 is 0 Å². The first-order chi connectivity index (χ1) is 9.13. The molecule has 2 aromatic rings. The van der Waals surface area contributed by atoms with Gasteiger partial charge in [-0.1, -0.05) is 13.0 Å². The normalized spacial score (nSPS) is 12.6. The summed E-state index contributed by atoms with van der Waals surface area (Å²) in [5, 5.41) is 7.45. The fourth-order valence-electron chi connectivity index (χ4n) is 2.04. The Hall–Kier alpha value is -1.75. The van der Waals surface area contributed by atoms with E-state index in [1.165, 1.54) is 6.07 Å². The van der Waals surface area contributed by atoms with Crippen LogP contribution in [0.15, 0.2) is 30.5 Å². The number of aryl methyl sites for hydroxylation is 1. The number of rotatable bonds is 5. The molecule has 1 aromatic carbocycles. The molecule has 0 aliphatic rings. The zero-order chi connectivity index (χ0) is 13.8. The fraction of sp³-hybridized carbons (Fsp3) is 0.357. The Labute approximate surface area is 111 Å². The van der Waals surface area contributed by atoms with Crippen LogP contribution in [0.5, 0.6) is 0 Å². The van der Waals surface area contributed by atoms with Gasteiger partial charge in [0.2, 0.25) is 0 Å². The molecule has 2 rings (SSSR count). The average Bonchev–Trinajstić information content (AvgIpc) is 2.80. The predicted molar refractivity (Wildman–Crippen MR) is 69.7 cm³/mol. The van der Waals surface area contributed by atoms with Gasteiger partial charge in [0.25, 0.3) is 0 Å². The van der Waals surface area contributed by atoms with E-state index in [0.29, 0.717) is 5.56 Å². The molecule has 1 heterocycles. The van der Waals surface area contributed by atoms with Crippen molar-refractivity contribution in [3.63, 3.8) is 0 Å². The number of benzene rings is 1. The molecular formula is C14H17F2N3. The van der Waals surface area contributed by atoms with Gasteiger partial charge in [0.1, 0.15) is 0 Å². The molecule has 1 N–H and O–H groups in total. The van der Waals surface area contributed by atoms with Crippen LogP contribution in [0.4, 0.5) is 8.78 Å². The molecule has 5 heteroatoms. The van der Waals surface area contributed by atoms with E-state index in [-0.39, 0.29) is 6.04 Å². The number of aromatic nitrogens is 2. The van der Waals surface area contributed by atoms with Gasteiger partial charge in [0, 0.05) is 13.2 Å². The summed E-state index contributed by atoms with van der Waals surface area (Å²) in [5.74, 6) is -1.66. The monoisotopic (exact) mass is 265 g/mol. The van der Waals surface area contributed by atoms with Crippen molar-refractivity contribution in [2.24, 2.45) is 7.05 Å². The summed E-state index contributed by atoms with van der Waals surface area (Å²) in [7, 11) is 1.83. The molecule has 0 fully saturated rings. The van der Waals surface area contributed by atoms with Crippen LogP contribution in [-0.2, 0) is 7.05 Å². The van der Waals surface area contributed by atoms with E-state index in [0.717, 1.165) is 24.7 Å². The second-order valence-corrected chi connectivity index (χ2v) is 4.44. The highest BCUT2D eigenvalue weighted by Crippen LogP contribution is 2.23. The van der Waals surface area contributed by atoms with Crippen molar-refractivity contribution < 1.29 is 8.78 Å². The van der Waals surface area contributed by atoms with E-state index < -0.39 is 11.6 Å². The molecule has 0 spiro atoms. The summed E-state index contributed by atoms with van der Waals surface area (Å²) in [4.78, 5) is 0. The highest BCUT2D eigenvalue weighted by atomic mass is 19.2. The van der Waals surface area contributed by atoms with Crippen molar-refractivity contribution in [2.45, 2.75) is 19.4 Å². The van der Waals surface area contributed by atoms with E-state index in [4.69, 9.17) is 0 Å². The molecule has 0 amide bonds. The van der Waals surface area contributed by atoms with Crippen molar-refractivity contribution in [1.82, 2.24) is 15.1 Å². The summed E-state index contributed by atoms with van der Waals surface area (Å²) in [6.45, 7) is 2.84. The minimum absolute atomic E-state index is 0.192. The van der Waals surface area contributed by atoms with Gasteiger partial charge in [-0.05, 0) is 36.7 Å². The molecule has 0 aliphatic carbocycles. The van der Waals surface area contributed by atoms with E-state index in [1.807, 2.05) is 13.1 Å². The van der Waals surface area contributed by atoms with Crippen LogP contribution >= 0.6 is 0 Å². The number of nitrogens with zero attached hydrogens (tertiary/aromatic N) is 2. The third-order valence-electron chi connectivity index (χ3n) is 3.03. The lowest BCUT2D eigenvalue weighted by Crippen LogP contribution is -2.25. The van der Waals surface area contributed by atoms with Crippen LogP contribution < -0.4 is 5.32 Å². The topological polar surface area (TPSA) is 29.9 Å². The predicted octanol–water partition coefficient (Wildman–Crippen LogP) is 2.79. The van der Waals surface area contributed by atoms with Crippen LogP contribution in [0.2, 0.25) is 0 Å². The Balaban J connectivity index is 2.37. The molecule has 3 nitrogen and oxygen atoms in total. The Morgan fingerprint density at radius 2 is 2.05 bits per heavy atom. The van der Waals surface area contributed by atoms with Crippen molar-refractivity contribution in [1.29, 1.82) is 0 Å². The largest absolute Gasteiger partial charge is 0.305 e. The van der Waals surface area contributed by atoms with Gasteiger partial charge < -0.3 is 5.32 Å². The average molecular weight is 265 g/mol. The highest BCUT2D eigenvalue weighted by Gasteiger charge is 2.18. The summed E-state index contributed by atoms with van der Waals surface area (Å²) in [6.07, 6.45) is 2.65. The van der Waals surface area contributed by atoms with Crippen molar-refractivity contribution in [3.05, 3.63) is 53.4 Å². The van der Waals surface area contributed by atoms with Gasteiger partial charge in [-0.3, -0.25) is 4.68 Å². The highest BCUT2D eigenvalue weighted by molar-refractivity contribution is 5.28. The third-order valence-corrected chi connectivity index (χ3v) is 3.03. The van der Waals surface area contributed by atoms with E-state index in [1.54, 1.807) is 16.9 Å². The molecule has 1 unspecified atom stereocenters. The molecule has 102 valence electrons. The number of hydrogen-bond donors (Lipinski definition) is 1. The minimum Gasteiger partial charge on any atom is -0.305 e. The van der Waals surface area contributed by atoms with E-state index in [9.17, 15) is 8.78 Å². The molecule has 0 bridgehead atoms. The van der Waals surface area contributed by atoms with Gasteiger partial charge >= 0.3 is 0 Å². The second-order valence-electron chi connectivity index (χ2n) is 4.44. The fourth-order valence-corrected chi connectivity index (χ4v) is 2.04. The van der Waals surface area contributed by atoms with Crippen molar-refractivity contribution in [2.75, 3.05) is 6.54 Å². The van der Waals surface area contributed by atoms with Crippen molar-refractivity contribution in [3.8, 4) is 0 Å². The van der Waals surface area contributed by atoms with Gasteiger partial charge in [0.15, 0.2) is 11.6 Å². The van der Waals surface area contributed by atoms with Crippen LogP contribution in [0, 0.1) is 11.6 Å². The lowest BCUT2D eigenvalue weighted by atomic mass is 10.0. The first-order valence-corrected chi connectivity index (χ1v) is 6.29. The van der Waals surface area contributed by atoms with Gasteiger partial charge in [-0.25, -0.2) is 8.78 Å². The third kappa shape index (κ3) is 2.98. The summed E-state index contributed by atoms with van der Waals surface area (Å²) < 4.78 is 28.1. The smallest absolute Gasteiger partial charge is 0.159 e. The lowest BCUT2D eigenvalue weighted by molar-refractivity contribution is 0.500. The SMILES string of the molecule is CCCNC(c1ccc(F)c(F)c1)c1ccnn1C. The maximum Gasteiger partial charge on any atom is 0.159 e. The van der Waals surface area contributed by atoms with Crippen LogP contribution in [0.25, 0.3) is 0 Å². The quantitative estimate of drug-likeness (QED) is 0.901. The zero-order valence-corrected chi connectivity index (χ0v) is 11.0. The molecule has 0 saturated carbocycles. The Morgan fingerprint density at radius 1 is 1.26 bits per heavy atom. The van der Waals surface area contributed by atoms with Gasteiger partial charge in [-0.2, -0.15) is 5.10 Å². The molecular weight excluding hydrogens is 248 g/mol. The summed E-state index contributed by atoms with van der Waals surface area (Å²) in [5.41, 5.74) is 1.61. The summed E-state index contributed by atoms with van der Waals surface area (Å²) >= 11 is 0. The molecule has 1 aromatic heterocycles. The summed E-state index contributed by atoms with van der Waals surface area (Å²) in [6, 6.07) is 5.66. The number of hydrogen-bond acceptors (Lipinski definition) is 2. The molecule has 1 atom stereocenters. The molecule has 0 saturated heterocycles. The van der Waals surface area contributed by atoms with Crippen LogP contribution in [0.3, 0.4) is 0 Å². The molecule has 19 heavy (non-hydrogen) atoms. The number of nitrogens with one attached hydrogen (secondary N) is 1. The molecule has 0 radical (unpaired) electrons. The molecule has 0 aliphatic heterocycles. The van der Waals surface area contributed by atoms with Crippen LogP contribution in [0.1, 0.15) is 30.6 Å². The lowest BCUT2D eigenvalue weighted by Gasteiger charge is -2.19. The van der Waals surface area contributed by atoms with E-state index >= 15 is 0 Å².